The second-order valence-electron chi connectivity index (χ2n) is 8.33. The molecule has 0 saturated carbocycles. The van der Waals surface area contributed by atoms with E-state index in [0.29, 0.717) is 15.7 Å². The van der Waals surface area contributed by atoms with Crippen LogP contribution in [0.5, 0.6) is 0 Å². The third-order valence-electron chi connectivity index (χ3n) is 6.90. The minimum absolute atomic E-state index is 0.0890. The molecule has 2 bridgehead atoms. The normalized spacial score (nSPS) is 25.3. The molecule has 1 N–H and O–H groups in total. The lowest BCUT2D eigenvalue weighted by Gasteiger charge is -2.45. The minimum Gasteiger partial charge on any atom is -0.367 e. The van der Waals surface area contributed by atoms with Crippen LogP contribution in [0.2, 0.25) is 10.0 Å². The summed E-state index contributed by atoms with van der Waals surface area (Å²) in [5, 5.41) is 4.04. The molecule has 7 rings (SSSR count). The van der Waals surface area contributed by atoms with Crippen molar-refractivity contribution in [3.8, 4) is 0 Å². The van der Waals surface area contributed by atoms with Crippen molar-refractivity contribution >= 4 is 40.7 Å². The highest BCUT2D eigenvalue weighted by atomic mass is 35.5. The quantitative estimate of drug-likeness (QED) is 0.556. The second-order valence-corrected chi connectivity index (χ2v) is 9.15. The summed E-state index contributed by atoms with van der Waals surface area (Å²) < 4.78 is 0. The molecule has 3 aromatic rings. The third-order valence-corrected chi connectivity index (χ3v) is 7.64. The van der Waals surface area contributed by atoms with Crippen LogP contribution >= 0.6 is 23.2 Å². The number of nitrogens with zero attached hydrogens (tertiary/aromatic N) is 1. The number of nitrogens with one attached hydrogen (secondary N) is 1. The number of halogens is 2. The molecule has 0 spiro atoms. The van der Waals surface area contributed by atoms with Crippen molar-refractivity contribution < 1.29 is 9.59 Å². The zero-order valence-electron chi connectivity index (χ0n) is 16.4. The molecule has 4 nitrogen and oxygen atoms in total. The number of anilines is 1. The Morgan fingerprint density at radius 2 is 1.19 bits per heavy atom. The fourth-order valence-electron chi connectivity index (χ4n) is 5.67. The summed E-state index contributed by atoms with van der Waals surface area (Å²) in [7, 11) is 0. The van der Waals surface area contributed by atoms with Crippen LogP contribution in [0.1, 0.15) is 34.1 Å². The summed E-state index contributed by atoms with van der Waals surface area (Å²) in [6.07, 6.45) is 0. The van der Waals surface area contributed by atoms with Gasteiger partial charge >= 0.3 is 0 Å². The van der Waals surface area contributed by atoms with Crippen molar-refractivity contribution in [1.29, 1.82) is 0 Å². The van der Waals surface area contributed by atoms with Gasteiger partial charge < -0.3 is 5.32 Å². The predicted molar refractivity (Wildman–Crippen MR) is 120 cm³/mol. The van der Waals surface area contributed by atoms with Gasteiger partial charge in [-0.1, -0.05) is 71.7 Å². The van der Waals surface area contributed by atoms with Crippen molar-refractivity contribution in [1.82, 2.24) is 4.90 Å². The molecule has 1 fully saturated rings. The molecule has 1 heterocycles. The van der Waals surface area contributed by atoms with Crippen molar-refractivity contribution in [2.24, 2.45) is 11.8 Å². The maximum Gasteiger partial charge on any atom is 0.235 e. The number of hydrogen-bond donors (Lipinski definition) is 1. The molecule has 3 aliphatic carbocycles. The third kappa shape index (κ3) is 2.61. The predicted octanol–water partition coefficient (Wildman–Crippen LogP) is 5.26. The van der Waals surface area contributed by atoms with Gasteiger partial charge in [-0.15, -0.1) is 0 Å². The van der Waals surface area contributed by atoms with Crippen molar-refractivity contribution in [2.75, 3.05) is 12.0 Å². The van der Waals surface area contributed by atoms with E-state index in [1.807, 2.05) is 24.3 Å². The highest BCUT2D eigenvalue weighted by Crippen LogP contribution is 2.60. The maximum atomic E-state index is 13.5. The van der Waals surface area contributed by atoms with Crippen LogP contribution in [-0.4, -0.2) is 23.4 Å². The number of imide groups is 1. The van der Waals surface area contributed by atoms with Gasteiger partial charge in [0.25, 0.3) is 0 Å². The van der Waals surface area contributed by atoms with Gasteiger partial charge in [-0.3, -0.25) is 14.5 Å². The standard InChI is InChI=1S/C25H18Cl2N2O2/c26-18-10-9-13(11-19(18)27)28-12-29-24(30)22-20-14-5-1-2-6-15(14)21(23(22)25(29)31)17-8-4-3-7-16(17)20/h1-11,20-23,28H,12H2/t20?,21?,22-,23+. The number of rotatable bonds is 3. The molecular weight excluding hydrogens is 431 g/mol. The molecule has 4 aliphatic rings. The van der Waals surface area contributed by atoms with E-state index in [1.165, 1.54) is 27.2 Å². The fraction of sp³-hybridized carbons (Fsp3) is 0.200. The lowest BCUT2D eigenvalue weighted by atomic mass is 9.55. The lowest BCUT2D eigenvalue weighted by molar-refractivity contribution is -0.139. The van der Waals surface area contributed by atoms with Crippen LogP contribution in [0.4, 0.5) is 5.69 Å². The number of carbonyl (C=O) groups is 2. The fourth-order valence-corrected chi connectivity index (χ4v) is 5.97. The average molecular weight is 449 g/mol. The summed E-state index contributed by atoms with van der Waals surface area (Å²) in [6.45, 7) is 0.106. The SMILES string of the molecule is O=C1[C@@H]2C3c4ccccc4C(c4ccccc43)[C@@H]2C(=O)N1CNc1ccc(Cl)c(Cl)c1. The van der Waals surface area contributed by atoms with Crippen LogP contribution in [-0.2, 0) is 9.59 Å². The highest BCUT2D eigenvalue weighted by Gasteiger charge is 2.61. The minimum atomic E-state index is -0.363. The van der Waals surface area contributed by atoms with Crippen LogP contribution in [0.15, 0.2) is 66.7 Å². The molecule has 6 heteroatoms. The summed E-state index contributed by atoms with van der Waals surface area (Å²) in [6, 6.07) is 21.6. The molecule has 31 heavy (non-hydrogen) atoms. The van der Waals surface area contributed by atoms with E-state index in [-0.39, 0.29) is 42.2 Å². The largest absolute Gasteiger partial charge is 0.367 e. The first-order valence-electron chi connectivity index (χ1n) is 10.3. The van der Waals surface area contributed by atoms with E-state index >= 15 is 0 Å². The van der Waals surface area contributed by atoms with Crippen molar-refractivity contribution in [3.63, 3.8) is 0 Å². The Morgan fingerprint density at radius 3 is 1.65 bits per heavy atom. The van der Waals surface area contributed by atoms with E-state index in [1.54, 1.807) is 18.2 Å². The number of likely N-dealkylation sites (tertiary alicyclic amines) is 1. The van der Waals surface area contributed by atoms with Crippen LogP contribution in [0.25, 0.3) is 0 Å². The van der Waals surface area contributed by atoms with E-state index in [9.17, 15) is 9.59 Å². The first kappa shape index (κ1) is 18.9. The van der Waals surface area contributed by atoms with E-state index in [0.717, 1.165) is 0 Å². The van der Waals surface area contributed by atoms with Crippen LogP contribution in [0.3, 0.4) is 0 Å². The van der Waals surface area contributed by atoms with Gasteiger partial charge in [-0.25, -0.2) is 0 Å². The zero-order chi connectivity index (χ0) is 21.3. The Kier molecular flexibility index (Phi) is 4.17. The zero-order valence-corrected chi connectivity index (χ0v) is 17.9. The Hall–Kier alpha value is -2.82. The second kappa shape index (κ2) is 6.84. The Morgan fingerprint density at radius 1 is 0.710 bits per heavy atom. The monoisotopic (exact) mass is 448 g/mol. The smallest absolute Gasteiger partial charge is 0.235 e. The van der Waals surface area contributed by atoms with Crippen LogP contribution < -0.4 is 5.32 Å². The Balaban J connectivity index is 1.38. The van der Waals surface area contributed by atoms with Gasteiger partial charge in [0.2, 0.25) is 11.8 Å². The molecule has 1 saturated heterocycles. The lowest BCUT2D eigenvalue weighted by Crippen LogP contribution is -2.41. The Bertz CT molecular complexity index is 1140. The highest BCUT2D eigenvalue weighted by molar-refractivity contribution is 6.42. The molecule has 0 unspecified atom stereocenters. The number of amides is 2. The first-order valence-corrected chi connectivity index (χ1v) is 11.0. The molecule has 0 radical (unpaired) electrons. The molecule has 2 atom stereocenters. The number of benzene rings is 3. The Labute approximate surface area is 189 Å². The number of hydrogen-bond acceptors (Lipinski definition) is 3. The van der Waals surface area contributed by atoms with Crippen LogP contribution in [0, 0.1) is 11.8 Å². The first-order chi connectivity index (χ1) is 15.1. The van der Waals surface area contributed by atoms with Gasteiger partial charge in [0.05, 0.1) is 28.5 Å². The van der Waals surface area contributed by atoms with E-state index in [4.69, 9.17) is 23.2 Å². The van der Waals surface area contributed by atoms with Gasteiger partial charge in [0.15, 0.2) is 0 Å². The molecule has 0 aromatic heterocycles. The van der Waals surface area contributed by atoms with Gasteiger partial charge in [0, 0.05) is 17.5 Å². The number of carbonyl (C=O) groups excluding carboxylic acids is 2. The van der Waals surface area contributed by atoms with Gasteiger partial charge in [-0.2, -0.15) is 0 Å². The summed E-state index contributed by atoms with van der Waals surface area (Å²) in [5.74, 6) is -1.12. The molecular formula is C25H18Cl2N2O2. The summed E-state index contributed by atoms with van der Waals surface area (Å²) in [5.41, 5.74) is 5.40. The van der Waals surface area contributed by atoms with E-state index in [2.05, 4.69) is 29.6 Å². The molecule has 3 aromatic carbocycles. The van der Waals surface area contributed by atoms with Crippen molar-refractivity contribution in [2.45, 2.75) is 11.8 Å². The topological polar surface area (TPSA) is 49.4 Å². The molecule has 2 amide bonds. The molecule has 1 aliphatic heterocycles. The van der Waals surface area contributed by atoms with Gasteiger partial charge in [0.1, 0.15) is 0 Å². The maximum absolute atomic E-state index is 13.5. The summed E-state index contributed by atoms with van der Waals surface area (Å²) in [4.78, 5) is 28.4. The van der Waals surface area contributed by atoms with Crippen molar-refractivity contribution in [3.05, 3.63) is 99.0 Å². The average Bonchev–Trinajstić information content (AvgIpc) is 3.05. The van der Waals surface area contributed by atoms with E-state index < -0.39 is 0 Å². The van der Waals surface area contributed by atoms with Gasteiger partial charge in [-0.05, 0) is 40.5 Å². The summed E-state index contributed by atoms with van der Waals surface area (Å²) >= 11 is 12.1. The molecule has 154 valence electrons.